The molecule has 1 saturated carbocycles. The van der Waals surface area contributed by atoms with Gasteiger partial charge in [-0.05, 0) is 19.3 Å². The van der Waals surface area contributed by atoms with Crippen LogP contribution in [-0.4, -0.2) is 45.6 Å². The average molecular weight is 202 g/mol. The van der Waals surface area contributed by atoms with Crippen molar-refractivity contribution in [1.29, 1.82) is 0 Å². The lowest BCUT2D eigenvalue weighted by Crippen LogP contribution is -2.45. The number of nitrogens with one attached hydrogen (secondary N) is 1. The molecule has 1 aliphatic carbocycles. The van der Waals surface area contributed by atoms with E-state index in [-0.39, 0.29) is 6.04 Å². The average Bonchev–Trinajstić information content (AvgIpc) is 2.62. The molecule has 0 aliphatic heterocycles. The highest BCUT2D eigenvalue weighted by molar-refractivity contribution is 4.84. The van der Waals surface area contributed by atoms with E-state index in [0.29, 0.717) is 18.8 Å². The maximum Gasteiger partial charge on any atom is 0.0724 e. The van der Waals surface area contributed by atoms with E-state index in [1.165, 1.54) is 12.8 Å². The van der Waals surface area contributed by atoms with Crippen LogP contribution < -0.4 is 11.1 Å². The number of hydrogen-bond donors (Lipinski definition) is 2. The molecule has 0 bridgehead atoms. The van der Waals surface area contributed by atoms with E-state index in [1.54, 1.807) is 14.2 Å². The second kappa shape index (κ2) is 6.35. The van der Waals surface area contributed by atoms with Crippen molar-refractivity contribution in [2.45, 2.75) is 37.5 Å². The van der Waals surface area contributed by atoms with Crippen LogP contribution in [0.4, 0.5) is 0 Å². The molecular formula is C10H22N2O2. The van der Waals surface area contributed by atoms with E-state index >= 15 is 0 Å². The Morgan fingerprint density at radius 3 is 2.86 bits per heavy atom. The number of methoxy groups -OCH3 is 2. The second-order valence-corrected chi connectivity index (χ2v) is 3.94. The van der Waals surface area contributed by atoms with Gasteiger partial charge < -0.3 is 20.5 Å². The number of rotatable bonds is 6. The van der Waals surface area contributed by atoms with Gasteiger partial charge in [-0.25, -0.2) is 0 Å². The predicted molar refractivity (Wildman–Crippen MR) is 56.3 cm³/mol. The summed E-state index contributed by atoms with van der Waals surface area (Å²) in [6.45, 7) is 1.41. The summed E-state index contributed by atoms with van der Waals surface area (Å²) >= 11 is 0. The maximum atomic E-state index is 5.82. The first-order valence-electron chi connectivity index (χ1n) is 5.28. The number of hydrogen-bond acceptors (Lipinski definition) is 4. The lowest BCUT2D eigenvalue weighted by atomic mass is 10.2. The van der Waals surface area contributed by atoms with Gasteiger partial charge in [-0.2, -0.15) is 0 Å². The Balaban J connectivity index is 2.16. The fraction of sp³-hybridized carbons (Fsp3) is 1.00. The third-order valence-electron chi connectivity index (χ3n) is 2.78. The molecule has 1 rings (SSSR count). The number of nitrogens with two attached hydrogens (primary N) is 1. The Morgan fingerprint density at radius 2 is 2.21 bits per heavy atom. The molecule has 4 heteroatoms. The highest BCUT2D eigenvalue weighted by atomic mass is 16.5. The van der Waals surface area contributed by atoms with Crippen molar-refractivity contribution in [3.63, 3.8) is 0 Å². The molecule has 1 aliphatic rings. The van der Waals surface area contributed by atoms with Crippen LogP contribution in [0.25, 0.3) is 0 Å². The first-order valence-corrected chi connectivity index (χ1v) is 5.28. The molecule has 0 spiro atoms. The van der Waals surface area contributed by atoms with E-state index in [2.05, 4.69) is 5.32 Å². The van der Waals surface area contributed by atoms with Crippen molar-refractivity contribution >= 4 is 0 Å². The standard InChI is InChI=1S/C10H22N2O2/c1-13-7-8(11)6-12-9-4-3-5-10(9)14-2/h8-10,12H,3-7,11H2,1-2H3. The number of ether oxygens (including phenoxy) is 2. The minimum atomic E-state index is 0.0816. The van der Waals surface area contributed by atoms with Crippen molar-refractivity contribution in [1.82, 2.24) is 5.32 Å². The van der Waals surface area contributed by atoms with E-state index in [9.17, 15) is 0 Å². The first kappa shape index (κ1) is 11.9. The van der Waals surface area contributed by atoms with Crippen LogP contribution in [0, 0.1) is 0 Å². The molecule has 14 heavy (non-hydrogen) atoms. The second-order valence-electron chi connectivity index (χ2n) is 3.94. The molecule has 3 unspecified atom stereocenters. The summed E-state index contributed by atoms with van der Waals surface area (Å²) in [5.74, 6) is 0. The molecule has 0 amide bonds. The van der Waals surface area contributed by atoms with Gasteiger partial charge in [0.25, 0.3) is 0 Å². The topological polar surface area (TPSA) is 56.5 Å². The molecule has 0 aromatic heterocycles. The summed E-state index contributed by atoms with van der Waals surface area (Å²) in [5, 5.41) is 3.44. The smallest absolute Gasteiger partial charge is 0.0724 e. The highest BCUT2D eigenvalue weighted by Crippen LogP contribution is 2.21. The lowest BCUT2D eigenvalue weighted by molar-refractivity contribution is 0.0832. The first-order chi connectivity index (χ1) is 6.77. The zero-order valence-corrected chi connectivity index (χ0v) is 9.16. The van der Waals surface area contributed by atoms with Crippen LogP contribution in [0.3, 0.4) is 0 Å². The van der Waals surface area contributed by atoms with E-state index in [4.69, 9.17) is 15.2 Å². The highest BCUT2D eigenvalue weighted by Gasteiger charge is 2.26. The van der Waals surface area contributed by atoms with Gasteiger partial charge in [-0.15, -0.1) is 0 Å². The zero-order chi connectivity index (χ0) is 10.4. The van der Waals surface area contributed by atoms with Crippen molar-refractivity contribution < 1.29 is 9.47 Å². The maximum absolute atomic E-state index is 5.82. The van der Waals surface area contributed by atoms with Gasteiger partial charge in [0.2, 0.25) is 0 Å². The van der Waals surface area contributed by atoms with Crippen LogP contribution in [0.5, 0.6) is 0 Å². The Morgan fingerprint density at radius 1 is 1.43 bits per heavy atom. The monoisotopic (exact) mass is 202 g/mol. The molecule has 3 N–H and O–H groups in total. The van der Waals surface area contributed by atoms with Crippen LogP contribution >= 0.6 is 0 Å². The van der Waals surface area contributed by atoms with Gasteiger partial charge in [0.1, 0.15) is 0 Å². The Hall–Kier alpha value is -0.160. The fourth-order valence-electron chi connectivity index (χ4n) is 2.02. The van der Waals surface area contributed by atoms with Crippen LogP contribution in [0.1, 0.15) is 19.3 Å². The zero-order valence-electron chi connectivity index (χ0n) is 9.16. The minimum Gasteiger partial charge on any atom is -0.383 e. The summed E-state index contributed by atoms with van der Waals surface area (Å²) in [6, 6.07) is 0.556. The molecule has 4 nitrogen and oxygen atoms in total. The summed E-state index contributed by atoms with van der Waals surface area (Å²) in [5.41, 5.74) is 5.82. The molecule has 0 aromatic rings. The third kappa shape index (κ3) is 3.53. The van der Waals surface area contributed by atoms with E-state index in [0.717, 1.165) is 13.0 Å². The van der Waals surface area contributed by atoms with Gasteiger partial charge >= 0.3 is 0 Å². The summed E-state index contributed by atoms with van der Waals surface area (Å²) in [6.07, 6.45) is 3.96. The van der Waals surface area contributed by atoms with Crippen LogP contribution in [-0.2, 0) is 9.47 Å². The molecule has 0 aromatic carbocycles. The molecule has 84 valence electrons. The molecule has 0 radical (unpaired) electrons. The molecular weight excluding hydrogens is 180 g/mol. The fourth-order valence-corrected chi connectivity index (χ4v) is 2.02. The molecule has 3 atom stereocenters. The summed E-state index contributed by atoms with van der Waals surface area (Å²) < 4.78 is 10.4. The normalized spacial score (nSPS) is 29.4. The van der Waals surface area contributed by atoms with E-state index < -0.39 is 0 Å². The van der Waals surface area contributed by atoms with Gasteiger partial charge in [0.05, 0.1) is 12.7 Å². The molecule has 1 fully saturated rings. The van der Waals surface area contributed by atoms with Crippen molar-refractivity contribution in [3.8, 4) is 0 Å². The lowest BCUT2D eigenvalue weighted by Gasteiger charge is -2.21. The van der Waals surface area contributed by atoms with Crippen molar-refractivity contribution in [2.75, 3.05) is 27.4 Å². The molecule has 0 saturated heterocycles. The largest absolute Gasteiger partial charge is 0.383 e. The Labute approximate surface area is 86.1 Å². The van der Waals surface area contributed by atoms with Gasteiger partial charge in [-0.1, -0.05) is 0 Å². The van der Waals surface area contributed by atoms with Gasteiger partial charge in [0, 0.05) is 32.8 Å². The van der Waals surface area contributed by atoms with Gasteiger partial charge in [0.15, 0.2) is 0 Å². The Bertz CT molecular complexity index is 155. The quantitative estimate of drug-likeness (QED) is 0.642. The third-order valence-corrected chi connectivity index (χ3v) is 2.78. The van der Waals surface area contributed by atoms with Crippen molar-refractivity contribution in [2.24, 2.45) is 5.73 Å². The molecule has 0 heterocycles. The SMILES string of the molecule is COCC(N)CNC1CCCC1OC. The minimum absolute atomic E-state index is 0.0816. The van der Waals surface area contributed by atoms with Crippen LogP contribution in [0.2, 0.25) is 0 Å². The van der Waals surface area contributed by atoms with Crippen molar-refractivity contribution in [3.05, 3.63) is 0 Å². The van der Waals surface area contributed by atoms with E-state index in [1.807, 2.05) is 0 Å². The predicted octanol–water partition coefficient (Wildman–Crippen LogP) is 0.117. The summed E-state index contributed by atoms with van der Waals surface area (Å²) in [7, 11) is 3.45. The Kier molecular flexibility index (Phi) is 5.40. The van der Waals surface area contributed by atoms with Gasteiger partial charge in [-0.3, -0.25) is 0 Å². The summed E-state index contributed by atoms with van der Waals surface area (Å²) in [4.78, 5) is 0. The van der Waals surface area contributed by atoms with Crippen LogP contribution in [0.15, 0.2) is 0 Å².